The maximum atomic E-state index is 13.9. The first kappa shape index (κ1) is 26.2. The zero-order chi connectivity index (χ0) is 26.0. The fourth-order valence-electron chi connectivity index (χ4n) is 4.18. The minimum atomic E-state index is -0.701. The minimum Gasteiger partial charge on any atom is -0.324 e. The highest BCUT2D eigenvalue weighted by molar-refractivity contribution is 6.37. The van der Waals surface area contributed by atoms with Gasteiger partial charge in [-0.3, -0.25) is 14.6 Å². The van der Waals surface area contributed by atoms with Gasteiger partial charge in [-0.15, -0.1) is 0 Å². The van der Waals surface area contributed by atoms with Crippen LogP contribution >= 0.6 is 34.8 Å². The molecule has 0 bridgehead atoms. The van der Waals surface area contributed by atoms with Crippen LogP contribution in [0.2, 0.25) is 15.1 Å². The number of hydrogen-bond donors (Lipinski definition) is 1. The molecule has 2 atom stereocenters. The third-order valence-corrected chi connectivity index (χ3v) is 7.42. The molecule has 1 N–H and O–H groups in total. The maximum absolute atomic E-state index is 13.9. The highest BCUT2D eigenvalue weighted by Crippen LogP contribution is 2.34. The molecule has 1 aliphatic heterocycles. The molecule has 0 spiro atoms. The van der Waals surface area contributed by atoms with Gasteiger partial charge in [-0.2, -0.15) is 0 Å². The third-order valence-electron chi connectivity index (χ3n) is 6.45. The number of aliphatic imine (C=N–C) groups is 1. The van der Waals surface area contributed by atoms with E-state index in [-0.39, 0.29) is 24.3 Å². The van der Waals surface area contributed by atoms with Gasteiger partial charge in [-0.25, -0.2) is 0 Å². The number of carbonyl (C=O) groups excluding carboxylic acids is 2. The molecule has 186 valence electrons. The second-order valence-electron chi connectivity index (χ2n) is 8.83. The molecular weight excluding hydrogens is 517 g/mol. The normalized spacial score (nSPS) is 16.2. The number of fused-ring (bicyclic) bond motifs is 1. The molecule has 5 nitrogen and oxygen atoms in total. The summed E-state index contributed by atoms with van der Waals surface area (Å²) in [6.07, 6.45) is 0.731. The molecule has 8 heteroatoms. The zero-order valence-electron chi connectivity index (χ0n) is 20.2. The quantitative estimate of drug-likeness (QED) is 0.358. The molecule has 3 aromatic rings. The Morgan fingerprint density at radius 3 is 2.47 bits per heavy atom. The van der Waals surface area contributed by atoms with Gasteiger partial charge >= 0.3 is 0 Å². The molecule has 36 heavy (non-hydrogen) atoms. The highest BCUT2D eigenvalue weighted by Gasteiger charge is 2.36. The standard InChI is InChI=1S/C28H26Cl3N3O2/c1-4-16(2)26-28(36)34(15-25(35)32-23-11-7-10-21(30)17(23)3)24-13-12-18(29)14-20(24)27(33-26)19-8-5-6-9-22(19)31/h5-14,16,26H,4,15H2,1-3H3,(H,32,35). The number of nitrogens with zero attached hydrogens (tertiary/aromatic N) is 2. The summed E-state index contributed by atoms with van der Waals surface area (Å²) in [4.78, 5) is 33.5. The van der Waals surface area contributed by atoms with Crippen molar-refractivity contribution in [1.29, 1.82) is 0 Å². The molecule has 3 aromatic carbocycles. The largest absolute Gasteiger partial charge is 0.324 e. The van der Waals surface area contributed by atoms with Crippen LogP contribution in [0.15, 0.2) is 65.7 Å². The van der Waals surface area contributed by atoms with Gasteiger partial charge in [0.2, 0.25) is 5.91 Å². The molecular formula is C28H26Cl3N3O2. The molecule has 2 unspecified atom stereocenters. The van der Waals surface area contributed by atoms with Gasteiger partial charge in [0.1, 0.15) is 12.6 Å². The van der Waals surface area contributed by atoms with E-state index in [2.05, 4.69) is 5.32 Å². The Balaban J connectivity index is 1.81. The van der Waals surface area contributed by atoms with E-state index in [1.807, 2.05) is 39.0 Å². The Labute approximate surface area is 226 Å². The summed E-state index contributed by atoms with van der Waals surface area (Å²) in [7, 11) is 0. The van der Waals surface area contributed by atoms with Crippen LogP contribution in [0.1, 0.15) is 37.0 Å². The van der Waals surface area contributed by atoms with Crippen LogP contribution in [0, 0.1) is 12.8 Å². The van der Waals surface area contributed by atoms with Crippen molar-refractivity contribution in [3.8, 4) is 0 Å². The van der Waals surface area contributed by atoms with Crippen LogP contribution in [0.25, 0.3) is 0 Å². The summed E-state index contributed by atoms with van der Waals surface area (Å²) >= 11 is 19.2. The van der Waals surface area contributed by atoms with Crippen molar-refractivity contribution in [2.24, 2.45) is 10.9 Å². The molecule has 1 aliphatic rings. The molecule has 0 radical (unpaired) electrons. The van der Waals surface area contributed by atoms with E-state index in [4.69, 9.17) is 39.8 Å². The van der Waals surface area contributed by atoms with Crippen molar-refractivity contribution >= 4 is 63.7 Å². The van der Waals surface area contributed by atoms with Crippen LogP contribution in [0.3, 0.4) is 0 Å². The fourth-order valence-corrected chi connectivity index (χ4v) is 4.75. The van der Waals surface area contributed by atoms with E-state index < -0.39 is 6.04 Å². The van der Waals surface area contributed by atoms with Crippen molar-refractivity contribution in [1.82, 2.24) is 0 Å². The number of benzene rings is 3. The Hall–Kier alpha value is -2.86. The lowest BCUT2D eigenvalue weighted by atomic mass is 9.97. The third kappa shape index (κ3) is 5.29. The monoisotopic (exact) mass is 541 g/mol. The van der Waals surface area contributed by atoms with Gasteiger partial charge in [0.05, 0.1) is 11.4 Å². The number of halogens is 3. The molecule has 0 aromatic heterocycles. The first-order valence-electron chi connectivity index (χ1n) is 11.7. The van der Waals surface area contributed by atoms with E-state index in [9.17, 15) is 9.59 Å². The molecule has 4 rings (SSSR count). The first-order valence-corrected chi connectivity index (χ1v) is 12.8. The predicted molar refractivity (Wildman–Crippen MR) is 149 cm³/mol. The number of nitrogens with one attached hydrogen (secondary N) is 1. The second kappa shape index (κ2) is 11.0. The van der Waals surface area contributed by atoms with E-state index in [1.54, 1.807) is 42.5 Å². The highest BCUT2D eigenvalue weighted by atomic mass is 35.5. The summed E-state index contributed by atoms with van der Waals surface area (Å²) in [6, 6.07) is 17.2. The van der Waals surface area contributed by atoms with Crippen molar-refractivity contribution < 1.29 is 9.59 Å². The minimum absolute atomic E-state index is 0.0690. The van der Waals surface area contributed by atoms with E-state index >= 15 is 0 Å². The Morgan fingerprint density at radius 1 is 1.03 bits per heavy atom. The van der Waals surface area contributed by atoms with Crippen molar-refractivity contribution in [3.05, 3.63) is 92.4 Å². The maximum Gasteiger partial charge on any atom is 0.252 e. The first-order chi connectivity index (χ1) is 17.2. The molecule has 1 heterocycles. The number of carbonyl (C=O) groups is 2. The van der Waals surface area contributed by atoms with Crippen LogP contribution in [0.5, 0.6) is 0 Å². The average molecular weight is 543 g/mol. The van der Waals surface area contributed by atoms with Crippen molar-refractivity contribution in [2.45, 2.75) is 33.2 Å². The lowest BCUT2D eigenvalue weighted by Gasteiger charge is -2.27. The van der Waals surface area contributed by atoms with Gasteiger partial charge in [0.15, 0.2) is 0 Å². The lowest BCUT2D eigenvalue weighted by molar-refractivity contribution is -0.123. The topological polar surface area (TPSA) is 61.8 Å². The van der Waals surface area contributed by atoms with E-state index in [0.29, 0.717) is 43.3 Å². The van der Waals surface area contributed by atoms with Crippen LogP contribution < -0.4 is 10.2 Å². The fraction of sp³-hybridized carbons (Fsp3) is 0.250. The number of hydrogen-bond acceptors (Lipinski definition) is 3. The number of amides is 2. The number of anilines is 2. The average Bonchev–Trinajstić information content (AvgIpc) is 2.96. The van der Waals surface area contributed by atoms with E-state index in [1.165, 1.54) is 4.90 Å². The smallest absolute Gasteiger partial charge is 0.252 e. The van der Waals surface area contributed by atoms with Crippen LogP contribution in [0.4, 0.5) is 11.4 Å². The Morgan fingerprint density at radius 2 is 1.75 bits per heavy atom. The van der Waals surface area contributed by atoms with Crippen LogP contribution in [-0.2, 0) is 9.59 Å². The molecule has 2 amide bonds. The molecule has 0 aliphatic carbocycles. The van der Waals surface area contributed by atoms with Gasteiger partial charge in [0, 0.05) is 31.9 Å². The summed E-state index contributed by atoms with van der Waals surface area (Å²) in [6.45, 7) is 5.62. The molecule has 0 fully saturated rings. The van der Waals surface area contributed by atoms with Gasteiger partial charge in [-0.1, -0.05) is 79.3 Å². The van der Waals surface area contributed by atoms with Crippen LogP contribution in [-0.4, -0.2) is 30.1 Å². The van der Waals surface area contributed by atoms with E-state index in [0.717, 1.165) is 12.0 Å². The lowest BCUT2D eigenvalue weighted by Crippen LogP contribution is -2.44. The SMILES string of the molecule is CCC(C)C1N=C(c2ccccc2Cl)c2cc(Cl)ccc2N(CC(=O)Nc2cccc(Cl)c2C)C1=O. The summed E-state index contributed by atoms with van der Waals surface area (Å²) in [5, 5.41) is 4.44. The summed E-state index contributed by atoms with van der Waals surface area (Å²) < 4.78 is 0. The Bertz CT molecular complexity index is 1360. The zero-order valence-corrected chi connectivity index (χ0v) is 22.5. The summed E-state index contributed by atoms with van der Waals surface area (Å²) in [5.74, 6) is -0.674. The second-order valence-corrected chi connectivity index (χ2v) is 10.1. The van der Waals surface area contributed by atoms with Gasteiger partial charge in [0.25, 0.3) is 5.91 Å². The molecule has 0 saturated carbocycles. The van der Waals surface area contributed by atoms with Gasteiger partial charge < -0.3 is 10.2 Å². The number of benzodiazepines with no additional fused rings is 1. The van der Waals surface area contributed by atoms with Crippen molar-refractivity contribution in [2.75, 3.05) is 16.8 Å². The van der Waals surface area contributed by atoms with Gasteiger partial charge in [-0.05, 0) is 54.8 Å². The summed E-state index contributed by atoms with van der Waals surface area (Å²) in [5.41, 5.74) is 3.81. The predicted octanol–water partition coefficient (Wildman–Crippen LogP) is 7.19. The molecule has 0 saturated heterocycles. The van der Waals surface area contributed by atoms with Crippen molar-refractivity contribution in [3.63, 3.8) is 0 Å². The number of rotatable bonds is 6. The Kier molecular flexibility index (Phi) is 8.04.